The number of nitrogens with two attached hydrogens (primary N) is 1. The van der Waals surface area contributed by atoms with E-state index in [2.05, 4.69) is 10.9 Å². The van der Waals surface area contributed by atoms with Gasteiger partial charge in [-0.05, 0) is 6.92 Å². The Bertz CT molecular complexity index is 714. The Morgan fingerprint density at radius 2 is 2.30 bits per heavy atom. The van der Waals surface area contributed by atoms with Gasteiger partial charge in [-0.15, -0.1) is 0 Å². The van der Waals surface area contributed by atoms with Crippen LogP contribution in [0.3, 0.4) is 0 Å². The highest BCUT2D eigenvalue weighted by atomic mass is 19.1. The van der Waals surface area contributed by atoms with Crippen molar-refractivity contribution in [3.05, 3.63) is 22.5 Å². The molecule has 1 unspecified atom stereocenters. The van der Waals surface area contributed by atoms with Crippen LogP contribution in [0.2, 0.25) is 0 Å². The lowest BCUT2D eigenvalue weighted by atomic mass is 9.92. The van der Waals surface area contributed by atoms with Crippen LogP contribution in [0.4, 0.5) is 14.6 Å². The number of alkyl halides is 1. The van der Waals surface area contributed by atoms with Crippen molar-refractivity contribution < 1.29 is 28.8 Å². The quantitative estimate of drug-likeness (QED) is 0.476. The van der Waals surface area contributed by atoms with E-state index < -0.39 is 54.1 Å². The molecular formula is C13H15F2N3O5. The smallest absolute Gasteiger partial charge is 0.351 e. The molecule has 1 saturated heterocycles. The lowest BCUT2D eigenvalue weighted by Gasteiger charge is -2.26. The average molecular weight is 331 g/mol. The maximum atomic E-state index is 13.6. The summed E-state index contributed by atoms with van der Waals surface area (Å²) in [7, 11) is 0. The van der Waals surface area contributed by atoms with Crippen LogP contribution >= 0.6 is 0 Å². The molecule has 23 heavy (non-hydrogen) atoms. The van der Waals surface area contributed by atoms with E-state index >= 15 is 0 Å². The molecule has 0 spiro atoms. The van der Waals surface area contributed by atoms with Gasteiger partial charge in [0.15, 0.2) is 23.5 Å². The Hall–Kier alpha value is -2.06. The van der Waals surface area contributed by atoms with Crippen molar-refractivity contribution in [3.8, 4) is 11.8 Å². The first-order valence-electron chi connectivity index (χ1n) is 6.56. The predicted octanol–water partition coefficient (Wildman–Crippen LogP) is -1.69. The van der Waals surface area contributed by atoms with E-state index in [1.165, 1.54) is 6.92 Å². The summed E-state index contributed by atoms with van der Waals surface area (Å²) in [5.74, 6) is 2.26. The molecule has 0 saturated carbocycles. The van der Waals surface area contributed by atoms with Crippen LogP contribution in [0.15, 0.2) is 11.0 Å². The van der Waals surface area contributed by atoms with Gasteiger partial charge in [0.1, 0.15) is 18.9 Å². The van der Waals surface area contributed by atoms with Crippen molar-refractivity contribution in [2.75, 3.05) is 12.4 Å². The number of ether oxygens (including phenoxy) is 1. The zero-order valence-electron chi connectivity index (χ0n) is 12.0. The Morgan fingerprint density at radius 1 is 1.65 bits per heavy atom. The van der Waals surface area contributed by atoms with E-state index in [4.69, 9.17) is 10.5 Å². The Labute approximate surface area is 129 Å². The second-order valence-electron chi connectivity index (χ2n) is 5.06. The summed E-state index contributed by atoms with van der Waals surface area (Å²) in [6.45, 7) is 0.133. The van der Waals surface area contributed by atoms with Crippen molar-refractivity contribution in [2.45, 2.75) is 37.1 Å². The first-order valence-corrected chi connectivity index (χ1v) is 6.56. The molecule has 0 radical (unpaired) electrons. The van der Waals surface area contributed by atoms with E-state index in [1.807, 2.05) is 5.92 Å². The van der Waals surface area contributed by atoms with E-state index in [9.17, 15) is 28.9 Å². The fourth-order valence-electron chi connectivity index (χ4n) is 2.31. The number of rotatable bonds is 2. The third kappa shape index (κ3) is 2.91. The number of hydrogen-bond acceptors (Lipinski definition) is 7. The van der Waals surface area contributed by atoms with Crippen molar-refractivity contribution in [3.63, 3.8) is 0 Å². The van der Waals surface area contributed by atoms with Gasteiger partial charge >= 0.3 is 5.69 Å². The number of anilines is 1. The third-order valence-electron chi connectivity index (χ3n) is 3.44. The van der Waals surface area contributed by atoms with Gasteiger partial charge in [-0.25, -0.2) is 13.6 Å². The summed E-state index contributed by atoms with van der Waals surface area (Å²) in [5, 5.41) is 30.3. The molecule has 1 aliphatic rings. The summed E-state index contributed by atoms with van der Waals surface area (Å²) in [5.41, 5.74) is 1.64. The van der Waals surface area contributed by atoms with Gasteiger partial charge < -0.3 is 25.8 Å². The molecule has 0 aliphatic carbocycles. The highest BCUT2D eigenvalue weighted by Crippen LogP contribution is 2.38. The summed E-state index contributed by atoms with van der Waals surface area (Å²) in [6, 6.07) is 0. The van der Waals surface area contributed by atoms with Gasteiger partial charge in [0.2, 0.25) is 0 Å². The molecule has 1 fully saturated rings. The van der Waals surface area contributed by atoms with Gasteiger partial charge in [0.25, 0.3) is 0 Å². The molecule has 0 bridgehead atoms. The first kappa shape index (κ1) is 17.3. The standard InChI is InChI=1S/C13H15F2N3O5/c1-6(19)8-9(20)13(22,3-2-4-14)11(23-8)18-5-7(15)10(16)17-12(18)21/h5-6,8-9,11,19-20,22H,4H2,1H3,(H2,16,17,21)/t6-,8+,9?,11+,13+/m0/s1. The lowest BCUT2D eigenvalue weighted by Crippen LogP contribution is -2.48. The second kappa shape index (κ2) is 6.21. The minimum absolute atomic E-state index is 0.532. The lowest BCUT2D eigenvalue weighted by molar-refractivity contribution is -0.0886. The summed E-state index contributed by atoms with van der Waals surface area (Å²) < 4.78 is 31.7. The largest absolute Gasteiger partial charge is 0.391 e. The minimum atomic E-state index is -2.46. The van der Waals surface area contributed by atoms with E-state index in [0.717, 1.165) is 0 Å². The van der Waals surface area contributed by atoms with Crippen molar-refractivity contribution in [2.24, 2.45) is 0 Å². The van der Waals surface area contributed by atoms with Crippen LogP contribution in [-0.4, -0.2) is 55.5 Å². The van der Waals surface area contributed by atoms with Crippen molar-refractivity contribution in [1.82, 2.24) is 9.55 Å². The number of aliphatic hydroxyl groups excluding tert-OH is 2. The number of aromatic nitrogens is 2. The molecule has 10 heteroatoms. The summed E-state index contributed by atoms with van der Waals surface area (Å²) in [4.78, 5) is 15.1. The molecular weight excluding hydrogens is 316 g/mol. The molecule has 5 atom stereocenters. The monoisotopic (exact) mass is 331 g/mol. The zero-order chi connectivity index (χ0) is 17.4. The van der Waals surface area contributed by atoms with Gasteiger partial charge in [0.05, 0.1) is 12.3 Å². The van der Waals surface area contributed by atoms with Crippen molar-refractivity contribution in [1.29, 1.82) is 0 Å². The normalized spacial score (nSPS) is 31.5. The fraction of sp³-hybridized carbons (Fsp3) is 0.538. The molecule has 8 nitrogen and oxygen atoms in total. The van der Waals surface area contributed by atoms with Crippen molar-refractivity contribution >= 4 is 5.82 Å². The maximum Gasteiger partial charge on any atom is 0.351 e. The molecule has 2 heterocycles. The number of nitrogen functional groups attached to an aromatic ring is 1. The maximum absolute atomic E-state index is 13.6. The number of aliphatic hydroxyl groups is 3. The summed E-state index contributed by atoms with van der Waals surface area (Å²) >= 11 is 0. The van der Waals surface area contributed by atoms with Crippen LogP contribution < -0.4 is 11.4 Å². The minimum Gasteiger partial charge on any atom is -0.391 e. The number of halogens is 2. The SMILES string of the molecule is C[C@H](O)[C@H]1O[C@@H](n2cc(F)c(N)nc2=O)[C@@](O)(C#CCF)C1O. The first-order chi connectivity index (χ1) is 10.7. The fourth-order valence-corrected chi connectivity index (χ4v) is 2.31. The van der Waals surface area contributed by atoms with E-state index in [0.29, 0.717) is 10.8 Å². The Morgan fingerprint density at radius 3 is 2.87 bits per heavy atom. The van der Waals surface area contributed by atoms with Crippen LogP contribution in [0, 0.1) is 17.7 Å². The van der Waals surface area contributed by atoms with E-state index in [1.54, 1.807) is 0 Å². The molecule has 2 rings (SSSR count). The molecule has 0 amide bonds. The van der Waals surface area contributed by atoms with Gasteiger partial charge in [-0.2, -0.15) is 4.98 Å². The third-order valence-corrected chi connectivity index (χ3v) is 3.44. The number of nitrogens with zero attached hydrogens (tertiary/aromatic N) is 2. The van der Waals surface area contributed by atoms with Gasteiger partial charge in [0, 0.05) is 0 Å². The average Bonchev–Trinajstić information content (AvgIpc) is 2.74. The van der Waals surface area contributed by atoms with Crippen LogP contribution in [-0.2, 0) is 4.74 Å². The van der Waals surface area contributed by atoms with Crippen LogP contribution in [0.5, 0.6) is 0 Å². The zero-order valence-corrected chi connectivity index (χ0v) is 12.0. The summed E-state index contributed by atoms with van der Waals surface area (Å²) in [6.07, 6.45) is -5.47. The van der Waals surface area contributed by atoms with Gasteiger partial charge in [-0.1, -0.05) is 11.8 Å². The molecule has 1 aliphatic heterocycles. The molecule has 126 valence electrons. The molecule has 0 aromatic carbocycles. The topological polar surface area (TPSA) is 131 Å². The number of hydrogen-bond donors (Lipinski definition) is 4. The Balaban J connectivity index is 2.58. The van der Waals surface area contributed by atoms with E-state index in [-0.39, 0.29) is 0 Å². The molecule has 1 aromatic rings. The highest BCUT2D eigenvalue weighted by Gasteiger charge is 2.57. The molecule has 1 aromatic heterocycles. The van der Waals surface area contributed by atoms with Crippen LogP contribution in [0.1, 0.15) is 13.2 Å². The van der Waals surface area contributed by atoms with Crippen LogP contribution in [0.25, 0.3) is 0 Å². The Kier molecular flexibility index (Phi) is 4.67. The molecule has 5 N–H and O–H groups in total. The second-order valence-corrected chi connectivity index (χ2v) is 5.06. The van der Waals surface area contributed by atoms with Gasteiger partial charge in [-0.3, -0.25) is 4.57 Å². The predicted molar refractivity (Wildman–Crippen MR) is 73.2 cm³/mol. The highest BCUT2D eigenvalue weighted by molar-refractivity contribution is 5.28.